The fourth-order valence-electron chi connectivity index (χ4n) is 2.26. The second kappa shape index (κ2) is 8.06. The lowest BCUT2D eigenvalue weighted by molar-refractivity contribution is 0.364. The van der Waals surface area contributed by atoms with Crippen LogP contribution in [0.2, 0.25) is 0 Å². The summed E-state index contributed by atoms with van der Waals surface area (Å²) in [6.45, 7) is 7.89. The summed E-state index contributed by atoms with van der Waals surface area (Å²) < 4.78 is 0. The number of nitrogens with one attached hydrogen (secondary N) is 1. The van der Waals surface area contributed by atoms with Gasteiger partial charge in [-0.3, -0.25) is 5.41 Å². The molecular weight excluding hydrogens is 304 g/mol. The molecule has 0 aromatic heterocycles. The van der Waals surface area contributed by atoms with E-state index in [9.17, 15) is 5.11 Å². The third-order valence-corrected chi connectivity index (χ3v) is 4.38. The first-order valence-corrected chi connectivity index (χ1v) is 8.61. The van der Waals surface area contributed by atoms with Gasteiger partial charge >= 0.3 is 0 Å². The summed E-state index contributed by atoms with van der Waals surface area (Å²) in [5.41, 5.74) is 2.32. The van der Waals surface area contributed by atoms with Crippen molar-refractivity contribution in [3.63, 3.8) is 0 Å². The van der Waals surface area contributed by atoms with Gasteiger partial charge in [0.25, 0.3) is 0 Å². The van der Waals surface area contributed by atoms with Gasteiger partial charge in [0.1, 0.15) is 5.75 Å². The van der Waals surface area contributed by atoms with E-state index in [4.69, 9.17) is 5.41 Å². The van der Waals surface area contributed by atoms with E-state index in [2.05, 4.69) is 49.9 Å². The first kappa shape index (κ1) is 17.4. The van der Waals surface area contributed by atoms with Crippen molar-refractivity contribution in [3.05, 3.63) is 59.7 Å². The average Bonchev–Trinajstić information content (AvgIpc) is 2.50. The molecule has 0 aliphatic heterocycles. The van der Waals surface area contributed by atoms with E-state index in [1.54, 1.807) is 12.1 Å². The molecule has 0 radical (unpaired) electrons. The molecule has 0 amide bonds. The van der Waals surface area contributed by atoms with Gasteiger partial charge in [0, 0.05) is 18.0 Å². The highest BCUT2D eigenvalue weighted by atomic mass is 32.2. The maximum atomic E-state index is 9.40. The van der Waals surface area contributed by atoms with Crippen LogP contribution in [0.15, 0.2) is 53.4 Å². The van der Waals surface area contributed by atoms with Gasteiger partial charge in [0.2, 0.25) is 0 Å². The molecule has 3 nitrogen and oxygen atoms in total. The van der Waals surface area contributed by atoms with Crippen LogP contribution in [0, 0.1) is 18.3 Å². The van der Waals surface area contributed by atoms with Gasteiger partial charge in [0.15, 0.2) is 5.17 Å². The normalized spacial score (nSPS) is 10.8. The third-order valence-electron chi connectivity index (χ3n) is 3.42. The SMILES string of the molecule is Cc1ccc(SC(=N)N(Cc2ccc(O)cc2)CC(C)C)cc1. The number of nitrogens with zero attached hydrogens (tertiary/aromatic N) is 1. The highest BCUT2D eigenvalue weighted by Crippen LogP contribution is 2.23. The highest BCUT2D eigenvalue weighted by Gasteiger charge is 2.14. The van der Waals surface area contributed by atoms with E-state index in [-0.39, 0.29) is 5.75 Å². The number of thioether (sulfide) groups is 1. The quantitative estimate of drug-likeness (QED) is 0.467. The lowest BCUT2D eigenvalue weighted by atomic mass is 10.1. The fraction of sp³-hybridized carbons (Fsp3) is 0.316. The number of phenolic OH excluding ortho intramolecular Hbond substituents is 1. The van der Waals surface area contributed by atoms with Gasteiger partial charge < -0.3 is 10.0 Å². The smallest absolute Gasteiger partial charge is 0.161 e. The van der Waals surface area contributed by atoms with Gasteiger partial charge in [-0.1, -0.05) is 55.4 Å². The minimum Gasteiger partial charge on any atom is -0.508 e. The Kier molecular flexibility index (Phi) is 6.11. The molecule has 0 atom stereocenters. The van der Waals surface area contributed by atoms with Crippen molar-refractivity contribution >= 4 is 16.9 Å². The van der Waals surface area contributed by atoms with Gasteiger partial charge in [-0.15, -0.1) is 0 Å². The van der Waals surface area contributed by atoms with E-state index in [1.807, 2.05) is 12.1 Å². The standard InChI is InChI=1S/C19H24N2OS/c1-14(2)12-21(13-16-6-8-17(22)9-7-16)19(20)23-18-10-4-15(3)5-11-18/h4-11,14,20,22H,12-13H2,1-3H3. The van der Waals surface area contributed by atoms with Gasteiger partial charge in [0.05, 0.1) is 0 Å². The number of aryl methyl sites for hydroxylation is 1. The van der Waals surface area contributed by atoms with Gasteiger partial charge in [-0.05, 0) is 42.7 Å². The maximum Gasteiger partial charge on any atom is 0.161 e. The number of amidine groups is 1. The summed E-state index contributed by atoms with van der Waals surface area (Å²) in [7, 11) is 0. The zero-order valence-electron chi connectivity index (χ0n) is 13.9. The van der Waals surface area contributed by atoms with E-state index in [0.29, 0.717) is 17.6 Å². The molecule has 2 aromatic carbocycles. The number of aromatic hydroxyl groups is 1. The molecule has 0 unspecified atom stereocenters. The highest BCUT2D eigenvalue weighted by molar-refractivity contribution is 8.13. The Morgan fingerprint density at radius 1 is 1.09 bits per heavy atom. The number of hydrogen-bond acceptors (Lipinski definition) is 3. The first-order valence-electron chi connectivity index (χ1n) is 7.80. The van der Waals surface area contributed by atoms with Crippen molar-refractivity contribution in [3.8, 4) is 5.75 Å². The molecule has 4 heteroatoms. The summed E-state index contributed by atoms with van der Waals surface area (Å²) in [6.07, 6.45) is 0. The largest absolute Gasteiger partial charge is 0.508 e. The molecule has 122 valence electrons. The predicted molar refractivity (Wildman–Crippen MR) is 98.1 cm³/mol. The summed E-state index contributed by atoms with van der Waals surface area (Å²) in [6, 6.07) is 15.5. The van der Waals surface area contributed by atoms with Gasteiger partial charge in [-0.2, -0.15) is 0 Å². The van der Waals surface area contributed by atoms with Crippen molar-refractivity contribution in [2.24, 2.45) is 5.92 Å². The maximum absolute atomic E-state index is 9.40. The van der Waals surface area contributed by atoms with Crippen molar-refractivity contribution in [2.75, 3.05) is 6.54 Å². The number of phenols is 1. The van der Waals surface area contributed by atoms with E-state index in [0.717, 1.165) is 17.0 Å². The molecule has 0 aliphatic carbocycles. The van der Waals surface area contributed by atoms with E-state index >= 15 is 0 Å². The van der Waals surface area contributed by atoms with Crippen LogP contribution in [0.25, 0.3) is 0 Å². The van der Waals surface area contributed by atoms with Crippen molar-refractivity contribution in [1.29, 1.82) is 5.41 Å². The average molecular weight is 328 g/mol. The molecule has 2 rings (SSSR count). The molecule has 2 N–H and O–H groups in total. The number of rotatable bonds is 5. The van der Waals surface area contributed by atoms with Crippen LogP contribution in [0.4, 0.5) is 0 Å². The summed E-state index contributed by atoms with van der Waals surface area (Å²) >= 11 is 1.48. The minimum atomic E-state index is 0.272. The third kappa shape index (κ3) is 5.64. The van der Waals surface area contributed by atoms with Crippen LogP contribution in [0.1, 0.15) is 25.0 Å². The lowest BCUT2D eigenvalue weighted by Crippen LogP contribution is -2.31. The first-order chi connectivity index (χ1) is 10.9. The Balaban J connectivity index is 2.08. The molecule has 0 aliphatic rings. The van der Waals surface area contributed by atoms with Crippen molar-refractivity contribution in [2.45, 2.75) is 32.2 Å². The Bertz CT molecular complexity index is 635. The predicted octanol–water partition coefficient (Wildman–Crippen LogP) is 4.89. The van der Waals surface area contributed by atoms with Crippen LogP contribution in [-0.4, -0.2) is 21.7 Å². The minimum absolute atomic E-state index is 0.272. The van der Waals surface area contributed by atoms with Crippen LogP contribution in [0.5, 0.6) is 5.75 Å². The Hall–Kier alpha value is -1.94. The molecular formula is C19H24N2OS. The van der Waals surface area contributed by atoms with Crippen LogP contribution in [0.3, 0.4) is 0 Å². The van der Waals surface area contributed by atoms with E-state index < -0.39 is 0 Å². The van der Waals surface area contributed by atoms with E-state index in [1.165, 1.54) is 17.3 Å². The fourth-order valence-corrected chi connectivity index (χ4v) is 3.03. The topological polar surface area (TPSA) is 47.3 Å². The zero-order chi connectivity index (χ0) is 16.8. The second-order valence-electron chi connectivity index (χ2n) is 6.16. The molecule has 0 heterocycles. The second-order valence-corrected chi connectivity index (χ2v) is 7.22. The van der Waals surface area contributed by atoms with Crippen molar-refractivity contribution in [1.82, 2.24) is 4.90 Å². The molecule has 23 heavy (non-hydrogen) atoms. The summed E-state index contributed by atoms with van der Waals surface area (Å²) in [4.78, 5) is 3.17. The van der Waals surface area contributed by atoms with Crippen LogP contribution < -0.4 is 0 Å². The molecule has 2 aromatic rings. The van der Waals surface area contributed by atoms with Gasteiger partial charge in [-0.25, -0.2) is 0 Å². The molecule has 0 saturated heterocycles. The monoisotopic (exact) mass is 328 g/mol. The molecule has 0 saturated carbocycles. The number of hydrogen-bond donors (Lipinski definition) is 2. The van der Waals surface area contributed by atoms with Crippen molar-refractivity contribution < 1.29 is 5.11 Å². The number of benzene rings is 2. The van der Waals surface area contributed by atoms with Crippen LogP contribution in [-0.2, 0) is 6.54 Å². The molecule has 0 fully saturated rings. The van der Waals surface area contributed by atoms with Crippen LogP contribution >= 0.6 is 11.8 Å². The Morgan fingerprint density at radius 2 is 1.70 bits per heavy atom. The Labute approximate surface area is 142 Å². The Morgan fingerprint density at radius 3 is 2.26 bits per heavy atom. The lowest BCUT2D eigenvalue weighted by Gasteiger charge is -2.26. The zero-order valence-corrected chi connectivity index (χ0v) is 14.7. The summed E-state index contributed by atoms with van der Waals surface area (Å²) in [5, 5.41) is 18.4. The molecule has 0 bridgehead atoms. The molecule has 0 spiro atoms. The summed E-state index contributed by atoms with van der Waals surface area (Å²) in [5.74, 6) is 0.749.